The lowest BCUT2D eigenvalue weighted by molar-refractivity contribution is 0.590. The number of nitrogens with two attached hydrogens (primary N) is 1. The standard InChI is InChI=1S/C14H17FN4/c1-2-4-12-18-7-8-19(12)9-10-5-3-6-11(13(10)15)14(16)17/h3,5-8H,2,4,9H2,1H3,(H3,16,17). The van der Waals surface area contributed by atoms with Crippen LogP contribution in [0.25, 0.3) is 0 Å². The highest BCUT2D eigenvalue weighted by molar-refractivity contribution is 5.95. The van der Waals surface area contributed by atoms with Gasteiger partial charge in [-0.25, -0.2) is 9.37 Å². The second-order valence-corrected chi connectivity index (χ2v) is 4.41. The van der Waals surface area contributed by atoms with Crippen molar-refractivity contribution in [2.45, 2.75) is 26.3 Å². The molecule has 5 heteroatoms. The van der Waals surface area contributed by atoms with Crippen molar-refractivity contribution in [3.8, 4) is 0 Å². The third-order valence-corrected chi connectivity index (χ3v) is 2.98. The average Bonchev–Trinajstić information content (AvgIpc) is 2.79. The normalized spacial score (nSPS) is 10.6. The summed E-state index contributed by atoms with van der Waals surface area (Å²) in [4.78, 5) is 4.26. The monoisotopic (exact) mass is 260 g/mol. The van der Waals surface area contributed by atoms with E-state index in [1.807, 2.05) is 10.8 Å². The minimum Gasteiger partial charge on any atom is -0.384 e. The second kappa shape index (κ2) is 5.65. The third-order valence-electron chi connectivity index (χ3n) is 2.98. The van der Waals surface area contributed by atoms with Gasteiger partial charge in [0, 0.05) is 24.4 Å². The van der Waals surface area contributed by atoms with Crippen molar-refractivity contribution < 1.29 is 4.39 Å². The summed E-state index contributed by atoms with van der Waals surface area (Å²) in [5, 5.41) is 7.35. The van der Waals surface area contributed by atoms with Gasteiger partial charge in [0.1, 0.15) is 17.5 Å². The summed E-state index contributed by atoms with van der Waals surface area (Å²) in [5.74, 6) is 0.264. The molecular formula is C14H17FN4. The van der Waals surface area contributed by atoms with Crippen LogP contribution in [0.3, 0.4) is 0 Å². The fourth-order valence-electron chi connectivity index (χ4n) is 2.03. The van der Waals surface area contributed by atoms with Crippen molar-refractivity contribution in [3.05, 3.63) is 53.4 Å². The molecule has 19 heavy (non-hydrogen) atoms. The molecule has 0 amide bonds. The topological polar surface area (TPSA) is 67.7 Å². The fraction of sp³-hybridized carbons (Fsp3) is 0.286. The average molecular weight is 260 g/mol. The molecule has 4 nitrogen and oxygen atoms in total. The highest BCUT2D eigenvalue weighted by Crippen LogP contribution is 2.15. The number of aromatic nitrogens is 2. The van der Waals surface area contributed by atoms with Gasteiger partial charge in [-0.2, -0.15) is 0 Å². The predicted molar refractivity (Wildman–Crippen MR) is 72.7 cm³/mol. The molecule has 1 aromatic heterocycles. The van der Waals surface area contributed by atoms with E-state index in [9.17, 15) is 4.39 Å². The quantitative estimate of drug-likeness (QED) is 0.640. The molecule has 0 radical (unpaired) electrons. The van der Waals surface area contributed by atoms with Gasteiger partial charge in [-0.1, -0.05) is 19.1 Å². The molecule has 0 saturated heterocycles. The number of hydrogen-bond donors (Lipinski definition) is 2. The van der Waals surface area contributed by atoms with Gasteiger partial charge in [0.15, 0.2) is 0 Å². The molecule has 0 bridgehead atoms. The van der Waals surface area contributed by atoms with Crippen LogP contribution in [0.2, 0.25) is 0 Å². The number of imidazole rings is 1. The maximum Gasteiger partial charge on any atom is 0.139 e. The van der Waals surface area contributed by atoms with Crippen molar-refractivity contribution in [3.63, 3.8) is 0 Å². The Kier molecular flexibility index (Phi) is 3.94. The number of nitrogen functional groups attached to an aromatic ring is 1. The molecule has 0 fully saturated rings. The fourth-order valence-corrected chi connectivity index (χ4v) is 2.03. The molecule has 0 aliphatic heterocycles. The molecule has 3 N–H and O–H groups in total. The summed E-state index contributed by atoms with van der Waals surface area (Å²) in [5.41, 5.74) is 6.02. The summed E-state index contributed by atoms with van der Waals surface area (Å²) in [6, 6.07) is 4.94. The van der Waals surface area contributed by atoms with Crippen LogP contribution in [-0.4, -0.2) is 15.4 Å². The highest BCUT2D eigenvalue weighted by Gasteiger charge is 2.11. The van der Waals surface area contributed by atoms with Gasteiger partial charge in [0.2, 0.25) is 0 Å². The maximum absolute atomic E-state index is 14.2. The van der Waals surface area contributed by atoms with E-state index >= 15 is 0 Å². The van der Waals surface area contributed by atoms with E-state index in [1.165, 1.54) is 6.07 Å². The lowest BCUT2D eigenvalue weighted by Gasteiger charge is -2.10. The van der Waals surface area contributed by atoms with Crippen LogP contribution in [0.15, 0.2) is 30.6 Å². The first kappa shape index (κ1) is 13.3. The molecule has 0 spiro atoms. The number of benzene rings is 1. The van der Waals surface area contributed by atoms with Gasteiger partial charge in [-0.15, -0.1) is 0 Å². The van der Waals surface area contributed by atoms with Crippen molar-refractivity contribution >= 4 is 5.84 Å². The van der Waals surface area contributed by atoms with Crippen LogP contribution in [0.1, 0.15) is 30.3 Å². The second-order valence-electron chi connectivity index (χ2n) is 4.41. The molecule has 0 aliphatic rings. The Bertz CT molecular complexity index is 589. The molecule has 0 atom stereocenters. The number of nitrogens with one attached hydrogen (secondary N) is 1. The zero-order chi connectivity index (χ0) is 13.8. The SMILES string of the molecule is CCCc1nccn1Cc1cccc(C(=N)N)c1F. The zero-order valence-corrected chi connectivity index (χ0v) is 10.9. The molecule has 1 aromatic carbocycles. The Balaban J connectivity index is 2.31. The van der Waals surface area contributed by atoms with Gasteiger partial charge in [-0.05, 0) is 12.5 Å². The van der Waals surface area contributed by atoms with Crippen molar-refractivity contribution in [2.75, 3.05) is 0 Å². The van der Waals surface area contributed by atoms with Gasteiger partial charge < -0.3 is 10.3 Å². The molecule has 0 aliphatic carbocycles. The first-order valence-electron chi connectivity index (χ1n) is 6.25. The van der Waals surface area contributed by atoms with Crippen molar-refractivity contribution in [2.24, 2.45) is 5.73 Å². The summed E-state index contributed by atoms with van der Waals surface area (Å²) < 4.78 is 16.1. The number of hydrogen-bond acceptors (Lipinski definition) is 2. The largest absolute Gasteiger partial charge is 0.384 e. The minimum atomic E-state index is -0.425. The summed E-state index contributed by atoms with van der Waals surface area (Å²) >= 11 is 0. The molecule has 100 valence electrons. The first-order valence-corrected chi connectivity index (χ1v) is 6.25. The summed E-state index contributed by atoms with van der Waals surface area (Å²) in [6.07, 6.45) is 5.41. The van der Waals surface area contributed by atoms with Gasteiger partial charge in [0.25, 0.3) is 0 Å². The Hall–Kier alpha value is -2.17. The Morgan fingerprint density at radius 3 is 2.95 bits per heavy atom. The van der Waals surface area contributed by atoms with Gasteiger partial charge >= 0.3 is 0 Å². The van der Waals surface area contributed by atoms with Crippen LogP contribution < -0.4 is 5.73 Å². The van der Waals surface area contributed by atoms with Crippen LogP contribution >= 0.6 is 0 Å². The van der Waals surface area contributed by atoms with E-state index in [4.69, 9.17) is 11.1 Å². The molecular weight excluding hydrogens is 243 g/mol. The van der Waals surface area contributed by atoms with E-state index in [0.29, 0.717) is 12.1 Å². The van der Waals surface area contributed by atoms with E-state index < -0.39 is 5.82 Å². The Morgan fingerprint density at radius 1 is 1.47 bits per heavy atom. The summed E-state index contributed by atoms with van der Waals surface area (Å²) in [6.45, 7) is 2.48. The van der Waals surface area contributed by atoms with Crippen LogP contribution in [-0.2, 0) is 13.0 Å². The van der Waals surface area contributed by atoms with Gasteiger partial charge in [0.05, 0.1) is 12.1 Å². The van der Waals surface area contributed by atoms with E-state index in [0.717, 1.165) is 18.7 Å². The predicted octanol–water partition coefficient (Wildman–Crippen LogP) is 2.31. The van der Waals surface area contributed by atoms with E-state index in [1.54, 1.807) is 18.3 Å². The minimum absolute atomic E-state index is 0.148. The van der Waals surface area contributed by atoms with E-state index in [-0.39, 0.29) is 11.4 Å². The lowest BCUT2D eigenvalue weighted by Crippen LogP contribution is -2.15. The van der Waals surface area contributed by atoms with Crippen molar-refractivity contribution in [1.29, 1.82) is 5.41 Å². The molecule has 0 unspecified atom stereocenters. The number of rotatable bonds is 5. The number of aryl methyl sites for hydroxylation is 1. The first-order chi connectivity index (χ1) is 9.13. The highest BCUT2D eigenvalue weighted by atomic mass is 19.1. The van der Waals surface area contributed by atoms with Crippen LogP contribution in [0.4, 0.5) is 4.39 Å². The third kappa shape index (κ3) is 2.81. The molecule has 2 rings (SSSR count). The molecule has 0 saturated carbocycles. The van der Waals surface area contributed by atoms with Gasteiger partial charge in [-0.3, -0.25) is 5.41 Å². The Labute approximate surface area is 111 Å². The lowest BCUT2D eigenvalue weighted by atomic mass is 10.1. The van der Waals surface area contributed by atoms with Crippen LogP contribution in [0, 0.1) is 11.2 Å². The Morgan fingerprint density at radius 2 is 2.26 bits per heavy atom. The smallest absolute Gasteiger partial charge is 0.139 e. The number of nitrogens with zero attached hydrogens (tertiary/aromatic N) is 2. The maximum atomic E-state index is 14.2. The van der Waals surface area contributed by atoms with Crippen LogP contribution in [0.5, 0.6) is 0 Å². The van der Waals surface area contributed by atoms with E-state index in [2.05, 4.69) is 11.9 Å². The zero-order valence-electron chi connectivity index (χ0n) is 10.9. The number of halogens is 1. The molecule has 2 aromatic rings. The number of amidine groups is 1. The molecule has 1 heterocycles. The summed E-state index contributed by atoms with van der Waals surface area (Å²) in [7, 11) is 0. The van der Waals surface area contributed by atoms with Crippen molar-refractivity contribution in [1.82, 2.24) is 9.55 Å².